The summed E-state index contributed by atoms with van der Waals surface area (Å²) in [5, 5.41) is 8.12. The summed E-state index contributed by atoms with van der Waals surface area (Å²) in [4.78, 5) is 35.2. The molecule has 0 saturated carbocycles. The van der Waals surface area contributed by atoms with Gasteiger partial charge in [-0.1, -0.05) is 23.8 Å². The first-order chi connectivity index (χ1) is 12.0. The highest BCUT2D eigenvalue weighted by Gasteiger charge is 2.08. The molecule has 0 unspecified atom stereocenters. The summed E-state index contributed by atoms with van der Waals surface area (Å²) >= 11 is 0. The third-order valence-corrected chi connectivity index (χ3v) is 3.42. The van der Waals surface area contributed by atoms with Crippen molar-refractivity contribution in [2.75, 3.05) is 18.4 Å². The third-order valence-electron chi connectivity index (χ3n) is 3.42. The Kier molecular flexibility index (Phi) is 6.28. The van der Waals surface area contributed by atoms with Gasteiger partial charge in [-0.15, -0.1) is 0 Å². The summed E-state index contributed by atoms with van der Waals surface area (Å²) in [6, 6.07) is 14.0. The molecule has 0 aromatic heterocycles. The fraction of sp³-hybridized carbons (Fsp3) is 0.211. The van der Waals surface area contributed by atoms with Crippen LogP contribution in [0.4, 0.5) is 5.69 Å². The Morgan fingerprint density at radius 1 is 0.840 bits per heavy atom. The van der Waals surface area contributed by atoms with E-state index in [1.165, 1.54) is 6.92 Å². The number of amides is 3. The second-order valence-corrected chi connectivity index (χ2v) is 5.64. The number of hydrogen-bond donors (Lipinski definition) is 3. The molecule has 0 radical (unpaired) electrons. The van der Waals surface area contributed by atoms with Crippen LogP contribution in [-0.4, -0.2) is 30.8 Å². The molecule has 0 fully saturated rings. The maximum absolute atomic E-state index is 12.1. The Balaban J connectivity index is 1.80. The lowest BCUT2D eigenvalue weighted by Gasteiger charge is -2.09. The zero-order chi connectivity index (χ0) is 18.2. The fourth-order valence-electron chi connectivity index (χ4n) is 2.28. The number of carbonyl (C=O) groups is 3. The molecule has 6 heteroatoms. The van der Waals surface area contributed by atoms with Crippen LogP contribution in [0.1, 0.15) is 33.2 Å². The molecular weight excluding hydrogens is 318 g/mol. The summed E-state index contributed by atoms with van der Waals surface area (Å²) in [5.41, 5.74) is 2.61. The van der Waals surface area contributed by atoms with Crippen LogP contribution in [0, 0.1) is 6.92 Å². The van der Waals surface area contributed by atoms with Crippen LogP contribution in [0.15, 0.2) is 48.5 Å². The third kappa shape index (κ3) is 5.76. The highest BCUT2D eigenvalue weighted by molar-refractivity contribution is 5.97. The summed E-state index contributed by atoms with van der Waals surface area (Å²) in [7, 11) is 0. The molecule has 0 aliphatic heterocycles. The Bertz CT molecular complexity index is 787. The van der Waals surface area contributed by atoms with Crippen molar-refractivity contribution in [1.82, 2.24) is 10.6 Å². The number of benzene rings is 2. The molecule has 0 spiro atoms. The normalized spacial score (nSPS) is 10.0. The van der Waals surface area contributed by atoms with E-state index in [9.17, 15) is 14.4 Å². The molecule has 0 bridgehead atoms. The van der Waals surface area contributed by atoms with Gasteiger partial charge in [0.2, 0.25) is 5.91 Å². The van der Waals surface area contributed by atoms with Gasteiger partial charge in [0.25, 0.3) is 11.8 Å². The van der Waals surface area contributed by atoms with Crippen LogP contribution in [0.2, 0.25) is 0 Å². The topological polar surface area (TPSA) is 87.3 Å². The average Bonchev–Trinajstić information content (AvgIpc) is 2.58. The number of aryl methyl sites for hydroxylation is 1. The van der Waals surface area contributed by atoms with E-state index in [0.29, 0.717) is 29.9 Å². The van der Waals surface area contributed by atoms with Crippen molar-refractivity contribution in [1.29, 1.82) is 0 Å². The van der Waals surface area contributed by atoms with Crippen LogP contribution in [0.3, 0.4) is 0 Å². The summed E-state index contributed by atoms with van der Waals surface area (Å²) in [6.07, 6.45) is 0. The van der Waals surface area contributed by atoms with Gasteiger partial charge >= 0.3 is 0 Å². The van der Waals surface area contributed by atoms with E-state index < -0.39 is 0 Å². The Hall–Kier alpha value is -3.15. The Morgan fingerprint density at radius 3 is 1.96 bits per heavy atom. The zero-order valence-electron chi connectivity index (χ0n) is 14.3. The molecule has 130 valence electrons. The first-order valence-corrected chi connectivity index (χ1v) is 7.96. The van der Waals surface area contributed by atoms with E-state index in [2.05, 4.69) is 16.0 Å². The lowest BCUT2D eigenvalue weighted by atomic mass is 10.1. The molecule has 3 amide bonds. The van der Waals surface area contributed by atoms with E-state index in [4.69, 9.17) is 0 Å². The number of carbonyl (C=O) groups excluding carboxylic acids is 3. The number of rotatable bonds is 6. The van der Waals surface area contributed by atoms with Crippen molar-refractivity contribution in [3.8, 4) is 0 Å². The molecule has 0 aliphatic carbocycles. The maximum atomic E-state index is 12.1. The highest BCUT2D eigenvalue weighted by Crippen LogP contribution is 2.10. The molecule has 6 nitrogen and oxygen atoms in total. The molecule has 0 saturated heterocycles. The first kappa shape index (κ1) is 18.2. The molecule has 0 heterocycles. The van der Waals surface area contributed by atoms with Gasteiger partial charge in [-0.25, -0.2) is 0 Å². The van der Waals surface area contributed by atoms with Crippen LogP contribution < -0.4 is 16.0 Å². The minimum absolute atomic E-state index is 0.175. The zero-order valence-corrected chi connectivity index (χ0v) is 14.3. The van der Waals surface area contributed by atoms with Crippen LogP contribution >= 0.6 is 0 Å². The van der Waals surface area contributed by atoms with Crippen LogP contribution in [0.5, 0.6) is 0 Å². The first-order valence-electron chi connectivity index (χ1n) is 7.96. The minimum Gasteiger partial charge on any atom is -0.350 e. The molecule has 2 aromatic rings. The Morgan fingerprint density at radius 2 is 1.40 bits per heavy atom. The van der Waals surface area contributed by atoms with Gasteiger partial charge in [-0.2, -0.15) is 0 Å². The lowest BCUT2D eigenvalue weighted by Crippen LogP contribution is -2.34. The molecule has 2 aromatic carbocycles. The highest BCUT2D eigenvalue weighted by atomic mass is 16.2. The fourth-order valence-corrected chi connectivity index (χ4v) is 2.28. The van der Waals surface area contributed by atoms with Crippen molar-refractivity contribution in [2.24, 2.45) is 0 Å². The van der Waals surface area contributed by atoms with Crippen molar-refractivity contribution in [3.05, 3.63) is 65.2 Å². The quantitative estimate of drug-likeness (QED) is 0.705. The van der Waals surface area contributed by atoms with Crippen molar-refractivity contribution in [2.45, 2.75) is 13.8 Å². The second-order valence-electron chi connectivity index (χ2n) is 5.64. The van der Waals surface area contributed by atoms with E-state index in [1.54, 1.807) is 36.4 Å². The van der Waals surface area contributed by atoms with Crippen molar-refractivity contribution < 1.29 is 14.4 Å². The van der Waals surface area contributed by atoms with Gasteiger partial charge in [-0.3, -0.25) is 14.4 Å². The monoisotopic (exact) mass is 339 g/mol. The largest absolute Gasteiger partial charge is 0.350 e. The van der Waals surface area contributed by atoms with E-state index in [-0.39, 0.29) is 17.7 Å². The van der Waals surface area contributed by atoms with Crippen LogP contribution in [0.25, 0.3) is 0 Å². The predicted molar refractivity (Wildman–Crippen MR) is 96.6 cm³/mol. The second kappa shape index (κ2) is 8.63. The van der Waals surface area contributed by atoms with Gasteiger partial charge in [-0.05, 0) is 37.3 Å². The lowest BCUT2D eigenvalue weighted by molar-refractivity contribution is -0.114. The SMILES string of the molecule is CC(=O)Nc1cccc(C(=O)NCCNC(=O)c2cccc(C)c2)c1. The molecule has 3 N–H and O–H groups in total. The van der Waals surface area contributed by atoms with Gasteiger partial charge < -0.3 is 16.0 Å². The van der Waals surface area contributed by atoms with Crippen molar-refractivity contribution in [3.63, 3.8) is 0 Å². The molecule has 25 heavy (non-hydrogen) atoms. The number of hydrogen-bond acceptors (Lipinski definition) is 3. The van der Waals surface area contributed by atoms with E-state index >= 15 is 0 Å². The summed E-state index contributed by atoms with van der Waals surface area (Å²) in [5.74, 6) is -0.640. The minimum atomic E-state index is -0.267. The van der Waals surface area contributed by atoms with Gasteiger partial charge in [0, 0.05) is 36.8 Å². The van der Waals surface area contributed by atoms with Gasteiger partial charge in [0.15, 0.2) is 0 Å². The van der Waals surface area contributed by atoms with E-state index in [1.807, 2.05) is 19.1 Å². The smallest absolute Gasteiger partial charge is 0.251 e. The number of nitrogens with one attached hydrogen (secondary N) is 3. The summed E-state index contributed by atoms with van der Waals surface area (Å²) in [6.45, 7) is 3.96. The standard InChI is InChI=1S/C19H21N3O3/c1-13-5-3-6-15(11-13)18(24)20-9-10-21-19(25)16-7-4-8-17(12-16)22-14(2)23/h3-8,11-12H,9-10H2,1-2H3,(H,20,24)(H,21,25)(H,22,23). The van der Waals surface area contributed by atoms with Crippen LogP contribution in [-0.2, 0) is 4.79 Å². The van der Waals surface area contributed by atoms with E-state index in [0.717, 1.165) is 5.56 Å². The predicted octanol–water partition coefficient (Wildman–Crippen LogP) is 2.11. The molecule has 0 aliphatic rings. The molecule has 0 atom stereocenters. The molecule has 2 rings (SSSR count). The number of anilines is 1. The maximum Gasteiger partial charge on any atom is 0.251 e. The molecular formula is C19H21N3O3. The van der Waals surface area contributed by atoms with Gasteiger partial charge in [0.05, 0.1) is 0 Å². The van der Waals surface area contributed by atoms with Gasteiger partial charge in [0.1, 0.15) is 0 Å². The summed E-state index contributed by atoms with van der Waals surface area (Å²) < 4.78 is 0. The Labute approximate surface area is 146 Å². The average molecular weight is 339 g/mol. The van der Waals surface area contributed by atoms with Crippen molar-refractivity contribution >= 4 is 23.4 Å².